The van der Waals surface area contributed by atoms with E-state index in [1.54, 1.807) is 18.5 Å². The molecule has 0 atom stereocenters. The molecule has 1 fully saturated rings. The van der Waals surface area contributed by atoms with Crippen LogP contribution in [-0.2, 0) is 10.0 Å². The Labute approximate surface area is 135 Å². The maximum atomic E-state index is 11.8. The summed E-state index contributed by atoms with van der Waals surface area (Å²) in [6.45, 7) is 1.84. The Balaban J connectivity index is 1.60. The third kappa shape index (κ3) is 5.99. The summed E-state index contributed by atoms with van der Waals surface area (Å²) in [5.74, 6) is 0.517. The molecule has 9 nitrogen and oxygen atoms in total. The van der Waals surface area contributed by atoms with Gasteiger partial charge < -0.3 is 16.0 Å². The minimum absolute atomic E-state index is 0.00147. The highest BCUT2D eigenvalue weighted by Gasteiger charge is 2.25. The van der Waals surface area contributed by atoms with Crippen molar-refractivity contribution in [3.8, 4) is 0 Å². The van der Waals surface area contributed by atoms with E-state index in [0.717, 1.165) is 0 Å². The topological polar surface area (TPSA) is 116 Å². The van der Waals surface area contributed by atoms with Crippen molar-refractivity contribution in [2.45, 2.75) is 18.9 Å². The Morgan fingerprint density at radius 1 is 1.26 bits per heavy atom. The van der Waals surface area contributed by atoms with Gasteiger partial charge in [0.05, 0.1) is 6.26 Å². The van der Waals surface area contributed by atoms with Crippen LogP contribution in [0.3, 0.4) is 0 Å². The molecule has 23 heavy (non-hydrogen) atoms. The molecule has 1 aliphatic rings. The number of urea groups is 1. The van der Waals surface area contributed by atoms with Gasteiger partial charge in [0.1, 0.15) is 0 Å². The van der Waals surface area contributed by atoms with Crippen LogP contribution < -0.4 is 16.0 Å². The SMILES string of the molecule is CS(=O)(=O)N1CCC(NC(=O)NCCNc2ncccn2)CC1. The molecule has 0 bridgehead atoms. The molecule has 1 aliphatic heterocycles. The summed E-state index contributed by atoms with van der Waals surface area (Å²) in [7, 11) is -3.14. The zero-order chi connectivity index (χ0) is 16.7. The van der Waals surface area contributed by atoms with Crippen LogP contribution in [0.1, 0.15) is 12.8 Å². The monoisotopic (exact) mass is 342 g/mol. The molecule has 2 rings (SSSR count). The van der Waals surface area contributed by atoms with Gasteiger partial charge in [-0.15, -0.1) is 0 Å². The number of carbonyl (C=O) groups is 1. The van der Waals surface area contributed by atoms with Crippen LogP contribution in [0, 0.1) is 0 Å². The molecule has 0 radical (unpaired) electrons. The molecular formula is C13H22N6O3S. The first kappa shape index (κ1) is 17.4. The fraction of sp³-hybridized carbons (Fsp3) is 0.615. The normalized spacial score (nSPS) is 16.7. The maximum absolute atomic E-state index is 11.8. The first-order valence-electron chi connectivity index (χ1n) is 7.45. The molecule has 10 heteroatoms. The Kier molecular flexibility index (Phi) is 6.11. The third-order valence-corrected chi connectivity index (χ3v) is 4.82. The number of piperidine rings is 1. The van der Waals surface area contributed by atoms with E-state index in [1.165, 1.54) is 10.6 Å². The minimum Gasteiger partial charge on any atom is -0.352 e. The number of hydrogen-bond acceptors (Lipinski definition) is 6. The second-order valence-electron chi connectivity index (χ2n) is 5.34. The van der Waals surface area contributed by atoms with Crippen LogP contribution in [-0.4, -0.2) is 67.2 Å². The number of rotatable bonds is 6. The molecule has 1 saturated heterocycles. The Bertz CT molecular complexity index is 601. The van der Waals surface area contributed by atoms with Crippen molar-refractivity contribution in [1.29, 1.82) is 0 Å². The van der Waals surface area contributed by atoms with Crippen molar-refractivity contribution < 1.29 is 13.2 Å². The quantitative estimate of drug-likeness (QED) is 0.607. The first-order valence-corrected chi connectivity index (χ1v) is 9.30. The van der Waals surface area contributed by atoms with E-state index in [-0.39, 0.29) is 12.1 Å². The van der Waals surface area contributed by atoms with Crippen LogP contribution in [0.25, 0.3) is 0 Å². The second-order valence-corrected chi connectivity index (χ2v) is 7.32. The minimum atomic E-state index is -3.14. The summed E-state index contributed by atoms with van der Waals surface area (Å²) in [6, 6.07) is 1.48. The molecule has 2 heterocycles. The van der Waals surface area contributed by atoms with E-state index in [0.29, 0.717) is 45.0 Å². The number of hydrogen-bond donors (Lipinski definition) is 3. The van der Waals surface area contributed by atoms with Gasteiger partial charge >= 0.3 is 6.03 Å². The van der Waals surface area contributed by atoms with Gasteiger partial charge in [0.2, 0.25) is 16.0 Å². The van der Waals surface area contributed by atoms with Gasteiger partial charge in [-0.1, -0.05) is 0 Å². The van der Waals surface area contributed by atoms with Gasteiger partial charge in [-0.2, -0.15) is 0 Å². The highest BCUT2D eigenvalue weighted by molar-refractivity contribution is 7.88. The van der Waals surface area contributed by atoms with Crippen molar-refractivity contribution in [2.75, 3.05) is 37.8 Å². The number of sulfonamides is 1. The van der Waals surface area contributed by atoms with Gasteiger partial charge in [0, 0.05) is 44.6 Å². The van der Waals surface area contributed by atoms with Crippen LogP contribution in [0.15, 0.2) is 18.5 Å². The summed E-state index contributed by atoms with van der Waals surface area (Å²) < 4.78 is 24.3. The van der Waals surface area contributed by atoms with E-state index in [4.69, 9.17) is 0 Å². The molecule has 0 aromatic carbocycles. The molecule has 1 aromatic heterocycles. The average Bonchev–Trinajstić information content (AvgIpc) is 2.52. The molecular weight excluding hydrogens is 320 g/mol. The number of nitrogens with one attached hydrogen (secondary N) is 3. The molecule has 128 valence electrons. The zero-order valence-corrected chi connectivity index (χ0v) is 13.8. The Morgan fingerprint density at radius 3 is 2.52 bits per heavy atom. The molecule has 0 saturated carbocycles. The Hall–Kier alpha value is -1.94. The van der Waals surface area contributed by atoms with E-state index in [1.807, 2.05) is 0 Å². The molecule has 2 amide bonds. The van der Waals surface area contributed by atoms with Crippen molar-refractivity contribution in [2.24, 2.45) is 0 Å². The fourth-order valence-electron chi connectivity index (χ4n) is 2.31. The lowest BCUT2D eigenvalue weighted by Gasteiger charge is -2.30. The smallest absolute Gasteiger partial charge is 0.315 e. The van der Waals surface area contributed by atoms with Crippen LogP contribution in [0.4, 0.5) is 10.7 Å². The lowest BCUT2D eigenvalue weighted by molar-refractivity contribution is 0.228. The summed E-state index contributed by atoms with van der Waals surface area (Å²) in [5, 5.41) is 8.59. The number of anilines is 1. The van der Waals surface area contributed by atoms with Crippen LogP contribution >= 0.6 is 0 Å². The summed E-state index contributed by atoms with van der Waals surface area (Å²) in [5.41, 5.74) is 0. The number of carbonyl (C=O) groups excluding carboxylic acids is 1. The predicted octanol–water partition coefficient (Wildman–Crippen LogP) is -0.388. The standard InChI is InChI=1S/C13H22N6O3S/c1-23(21,22)19-9-3-11(4-10-19)18-13(20)17-8-7-16-12-14-5-2-6-15-12/h2,5-6,11H,3-4,7-10H2,1H3,(H,14,15,16)(H2,17,18,20). The van der Waals surface area contributed by atoms with Gasteiger partial charge in [-0.3, -0.25) is 0 Å². The van der Waals surface area contributed by atoms with E-state index in [9.17, 15) is 13.2 Å². The van der Waals surface area contributed by atoms with E-state index in [2.05, 4.69) is 25.9 Å². The fourth-order valence-corrected chi connectivity index (χ4v) is 3.18. The Morgan fingerprint density at radius 2 is 1.91 bits per heavy atom. The first-order chi connectivity index (χ1) is 10.9. The van der Waals surface area contributed by atoms with Crippen LogP contribution in [0.5, 0.6) is 0 Å². The summed E-state index contributed by atoms with van der Waals surface area (Å²) in [6.07, 6.45) is 5.72. The maximum Gasteiger partial charge on any atom is 0.315 e. The lowest BCUT2D eigenvalue weighted by atomic mass is 10.1. The lowest BCUT2D eigenvalue weighted by Crippen LogP contribution is -2.49. The number of amides is 2. The van der Waals surface area contributed by atoms with Crippen LogP contribution in [0.2, 0.25) is 0 Å². The molecule has 0 unspecified atom stereocenters. The second kappa shape index (κ2) is 8.06. The molecule has 3 N–H and O–H groups in total. The molecule has 0 aliphatic carbocycles. The van der Waals surface area contributed by atoms with Crippen molar-refractivity contribution in [1.82, 2.24) is 24.9 Å². The largest absolute Gasteiger partial charge is 0.352 e. The number of aromatic nitrogens is 2. The van der Waals surface area contributed by atoms with E-state index >= 15 is 0 Å². The van der Waals surface area contributed by atoms with Gasteiger partial charge in [0.25, 0.3) is 0 Å². The summed E-state index contributed by atoms with van der Waals surface area (Å²) in [4.78, 5) is 19.8. The van der Waals surface area contributed by atoms with Gasteiger partial charge in [0.15, 0.2) is 0 Å². The molecule has 1 aromatic rings. The molecule has 0 spiro atoms. The predicted molar refractivity (Wildman–Crippen MR) is 86.5 cm³/mol. The third-order valence-electron chi connectivity index (χ3n) is 3.52. The van der Waals surface area contributed by atoms with Crippen molar-refractivity contribution in [3.05, 3.63) is 18.5 Å². The summed E-state index contributed by atoms with van der Waals surface area (Å²) >= 11 is 0. The van der Waals surface area contributed by atoms with Crippen molar-refractivity contribution in [3.63, 3.8) is 0 Å². The van der Waals surface area contributed by atoms with Crippen molar-refractivity contribution >= 4 is 22.0 Å². The van der Waals surface area contributed by atoms with Gasteiger partial charge in [-0.05, 0) is 18.9 Å². The zero-order valence-electron chi connectivity index (χ0n) is 13.0. The van der Waals surface area contributed by atoms with Gasteiger partial charge in [-0.25, -0.2) is 27.5 Å². The number of nitrogens with zero attached hydrogens (tertiary/aromatic N) is 3. The highest BCUT2D eigenvalue weighted by Crippen LogP contribution is 2.12. The average molecular weight is 342 g/mol. The van der Waals surface area contributed by atoms with E-state index < -0.39 is 10.0 Å². The highest BCUT2D eigenvalue weighted by atomic mass is 32.2.